The summed E-state index contributed by atoms with van der Waals surface area (Å²) in [5.74, 6) is 0. The van der Waals surface area contributed by atoms with Crippen LogP contribution in [0.5, 0.6) is 0 Å². The second-order valence-corrected chi connectivity index (χ2v) is 4.85. The van der Waals surface area contributed by atoms with Gasteiger partial charge in [-0.1, -0.05) is 0 Å². The van der Waals surface area contributed by atoms with E-state index in [1.165, 1.54) is 0 Å². The molecule has 0 radical (unpaired) electrons. The number of anilines is 1. The number of nitrogens with zero attached hydrogens (tertiary/aromatic N) is 1. The highest BCUT2D eigenvalue weighted by molar-refractivity contribution is 9.10. The summed E-state index contributed by atoms with van der Waals surface area (Å²) in [5.41, 5.74) is 1.72. The van der Waals surface area contributed by atoms with Crippen molar-refractivity contribution < 1.29 is 9.90 Å². The van der Waals surface area contributed by atoms with E-state index in [4.69, 9.17) is 0 Å². The molecule has 16 heavy (non-hydrogen) atoms. The molecule has 1 heterocycles. The van der Waals surface area contributed by atoms with E-state index in [1.54, 1.807) is 6.07 Å². The maximum Gasteiger partial charge on any atom is 0.151 e. The molecule has 0 aromatic heterocycles. The fourth-order valence-corrected chi connectivity index (χ4v) is 2.62. The van der Waals surface area contributed by atoms with Gasteiger partial charge in [-0.05, 0) is 47.0 Å². The normalized spacial score (nSPS) is 20.1. The Balaban J connectivity index is 2.27. The smallest absolute Gasteiger partial charge is 0.151 e. The second kappa shape index (κ2) is 4.97. The molecule has 1 saturated heterocycles. The zero-order valence-electron chi connectivity index (χ0n) is 8.90. The van der Waals surface area contributed by atoms with Crippen molar-refractivity contribution in [3.05, 3.63) is 28.2 Å². The predicted octanol–water partition coefficient (Wildman–Crippen LogP) is 2.22. The first-order valence-electron chi connectivity index (χ1n) is 5.38. The number of benzene rings is 1. The number of hydrogen-bond donors (Lipinski definition) is 1. The Morgan fingerprint density at radius 3 is 3.00 bits per heavy atom. The summed E-state index contributed by atoms with van der Waals surface area (Å²) < 4.78 is 0.809. The molecule has 4 heteroatoms. The number of halogens is 1. The van der Waals surface area contributed by atoms with Gasteiger partial charge in [-0.3, -0.25) is 4.79 Å². The van der Waals surface area contributed by atoms with Crippen LogP contribution in [0.4, 0.5) is 5.69 Å². The fourth-order valence-electron chi connectivity index (χ4n) is 2.16. The van der Waals surface area contributed by atoms with Crippen molar-refractivity contribution in [1.82, 2.24) is 0 Å². The highest BCUT2D eigenvalue weighted by atomic mass is 79.9. The molecule has 1 fully saturated rings. The van der Waals surface area contributed by atoms with E-state index >= 15 is 0 Å². The highest BCUT2D eigenvalue weighted by Gasteiger charge is 2.24. The lowest BCUT2D eigenvalue weighted by Crippen LogP contribution is -2.31. The maximum absolute atomic E-state index is 10.7. The van der Waals surface area contributed by atoms with Gasteiger partial charge in [0.05, 0.1) is 12.6 Å². The summed E-state index contributed by atoms with van der Waals surface area (Å²) >= 11 is 3.38. The van der Waals surface area contributed by atoms with E-state index in [0.717, 1.165) is 35.8 Å². The third-order valence-electron chi connectivity index (χ3n) is 3.03. The first-order valence-corrected chi connectivity index (χ1v) is 6.18. The molecular weight excluding hydrogens is 270 g/mol. The van der Waals surface area contributed by atoms with Gasteiger partial charge in [0.25, 0.3) is 0 Å². The molecule has 86 valence electrons. The van der Waals surface area contributed by atoms with Gasteiger partial charge in [-0.2, -0.15) is 0 Å². The van der Waals surface area contributed by atoms with Crippen molar-refractivity contribution in [2.24, 2.45) is 0 Å². The van der Waals surface area contributed by atoms with E-state index < -0.39 is 0 Å². The van der Waals surface area contributed by atoms with Crippen LogP contribution < -0.4 is 4.90 Å². The van der Waals surface area contributed by atoms with Gasteiger partial charge in [0.2, 0.25) is 0 Å². The molecule has 0 saturated carbocycles. The van der Waals surface area contributed by atoms with Crippen molar-refractivity contribution in [3.63, 3.8) is 0 Å². The fraction of sp³-hybridized carbons (Fsp3) is 0.417. The van der Waals surface area contributed by atoms with Gasteiger partial charge >= 0.3 is 0 Å². The Morgan fingerprint density at radius 2 is 2.38 bits per heavy atom. The minimum Gasteiger partial charge on any atom is -0.394 e. The molecule has 1 aromatic rings. The largest absolute Gasteiger partial charge is 0.394 e. The van der Waals surface area contributed by atoms with Crippen LogP contribution in [-0.2, 0) is 0 Å². The Labute approximate surface area is 103 Å². The standard InChI is InChI=1S/C12H14BrNO2/c13-12-6-10(4-3-9(12)7-15)14-5-1-2-11(14)8-16/h3-4,6-7,11,16H,1-2,5,8H2. The molecule has 0 spiro atoms. The van der Waals surface area contributed by atoms with Crippen molar-refractivity contribution in [3.8, 4) is 0 Å². The first-order chi connectivity index (χ1) is 7.76. The summed E-state index contributed by atoms with van der Waals surface area (Å²) in [6, 6.07) is 5.90. The molecule has 1 aliphatic rings. The molecule has 2 rings (SSSR count). The first kappa shape index (κ1) is 11.6. The van der Waals surface area contributed by atoms with Gasteiger partial charge in [-0.15, -0.1) is 0 Å². The minimum absolute atomic E-state index is 0.188. The van der Waals surface area contributed by atoms with E-state index in [-0.39, 0.29) is 12.6 Å². The molecule has 0 aliphatic carbocycles. The number of aliphatic hydroxyl groups excluding tert-OH is 1. The maximum atomic E-state index is 10.7. The van der Waals surface area contributed by atoms with E-state index in [9.17, 15) is 9.90 Å². The SMILES string of the molecule is O=Cc1ccc(N2CCCC2CO)cc1Br. The molecule has 1 aromatic carbocycles. The predicted molar refractivity (Wildman–Crippen MR) is 67.0 cm³/mol. The van der Waals surface area contributed by atoms with E-state index in [2.05, 4.69) is 20.8 Å². The molecule has 1 N–H and O–H groups in total. The average Bonchev–Trinajstić information content (AvgIpc) is 2.77. The second-order valence-electron chi connectivity index (χ2n) is 4.00. The number of aldehydes is 1. The average molecular weight is 284 g/mol. The number of carbonyl (C=O) groups is 1. The van der Waals surface area contributed by atoms with Crippen molar-refractivity contribution in [2.45, 2.75) is 18.9 Å². The molecule has 0 bridgehead atoms. The lowest BCUT2D eigenvalue weighted by molar-refractivity contribution is 0.112. The molecule has 0 amide bonds. The lowest BCUT2D eigenvalue weighted by Gasteiger charge is -2.25. The van der Waals surface area contributed by atoms with Crippen LogP contribution in [0, 0.1) is 0 Å². The molecular formula is C12H14BrNO2. The van der Waals surface area contributed by atoms with Gasteiger partial charge < -0.3 is 10.0 Å². The summed E-state index contributed by atoms with van der Waals surface area (Å²) in [5, 5.41) is 9.26. The van der Waals surface area contributed by atoms with Crippen LogP contribution in [-0.4, -0.2) is 30.6 Å². The minimum atomic E-state index is 0.188. The van der Waals surface area contributed by atoms with Crippen LogP contribution in [0.1, 0.15) is 23.2 Å². The zero-order valence-corrected chi connectivity index (χ0v) is 10.5. The van der Waals surface area contributed by atoms with Crippen molar-refractivity contribution in [2.75, 3.05) is 18.1 Å². The van der Waals surface area contributed by atoms with Crippen LogP contribution in [0.3, 0.4) is 0 Å². The molecule has 3 nitrogen and oxygen atoms in total. The van der Waals surface area contributed by atoms with E-state index in [1.807, 2.05) is 12.1 Å². The molecule has 1 unspecified atom stereocenters. The molecule has 1 aliphatic heterocycles. The monoisotopic (exact) mass is 283 g/mol. The third kappa shape index (κ3) is 2.13. The summed E-state index contributed by atoms with van der Waals surface area (Å²) in [7, 11) is 0. The summed E-state index contributed by atoms with van der Waals surface area (Å²) in [6.45, 7) is 1.16. The van der Waals surface area contributed by atoms with Crippen molar-refractivity contribution in [1.29, 1.82) is 0 Å². The van der Waals surface area contributed by atoms with Crippen LogP contribution in [0.15, 0.2) is 22.7 Å². The summed E-state index contributed by atoms with van der Waals surface area (Å²) in [4.78, 5) is 12.9. The van der Waals surface area contributed by atoms with E-state index in [0.29, 0.717) is 5.56 Å². The Bertz CT molecular complexity index is 395. The van der Waals surface area contributed by atoms with Gasteiger partial charge in [0, 0.05) is 22.3 Å². The van der Waals surface area contributed by atoms with Crippen molar-refractivity contribution >= 4 is 27.9 Å². The van der Waals surface area contributed by atoms with Gasteiger partial charge in [0.1, 0.15) is 0 Å². The Hall–Kier alpha value is -0.870. The Kier molecular flexibility index (Phi) is 3.61. The number of rotatable bonds is 3. The van der Waals surface area contributed by atoms with Gasteiger partial charge in [0.15, 0.2) is 6.29 Å². The molecule has 1 atom stereocenters. The highest BCUT2D eigenvalue weighted by Crippen LogP contribution is 2.28. The lowest BCUT2D eigenvalue weighted by atomic mass is 10.2. The quantitative estimate of drug-likeness (QED) is 0.865. The topological polar surface area (TPSA) is 40.5 Å². The van der Waals surface area contributed by atoms with Gasteiger partial charge in [-0.25, -0.2) is 0 Å². The third-order valence-corrected chi connectivity index (χ3v) is 3.72. The number of carbonyl (C=O) groups excluding carboxylic acids is 1. The zero-order chi connectivity index (χ0) is 11.5. The van der Waals surface area contributed by atoms with Crippen LogP contribution in [0.25, 0.3) is 0 Å². The Morgan fingerprint density at radius 1 is 1.56 bits per heavy atom. The van der Waals surface area contributed by atoms with Crippen LogP contribution in [0.2, 0.25) is 0 Å². The number of aliphatic hydroxyl groups is 1. The summed E-state index contributed by atoms with van der Waals surface area (Å²) in [6.07, 6.45) is 2.98. The number of hydrogen-bond acceptors (Lipinski definition) is 3. The van der Waals surface area contributed by atoms with Crippen LogP contribution >= 0.6 is 15.9 Å².